The first-order valence-electron chi connectivity index (χ1n) is 10.3. The predicted octanol–water partition coefficient (Wildman–Crippen LogP) is 6.37. The number of carbonyl (C=O) groups excluding carboxylic acids is 1. The number of nitrogens with zero attached hydrogens (tertiary/aromatic N) is 3. The summed E-state index contributed by atoms with van der Waals surface area (Å²) in [6.45, 7) is 4.49. The molecule has 4 aromatic rings. The largest absolute Gasteiger partial charge is 0.372 e. The number of para-hydroxylation sites is 1. The Bertz CT molecular complexity index is 1270. The summed E-state index contributed by atoms with van der Waals surface area (Å²) in [6.07, 6.45) is 0.0611. The van der Waals surface area contributed by atoms with E-state index in [2.05, 4.69) is 16.0 Å². The molecule has 2 N–H and O–H groups in total. The van der Waals surface area contributed by atoms with Crippen LogP contribution in [0, 0.1) is 18.7 Å². The van der Waals surface area contributed by atoms with E-state index in [9.17, 15) is 13.2 Å². The number of benzene rings is 2. The number of rotatable bonds is 4. The van der Waals surface area contributed by atoms with Crippen LogP contribution < -0.4 is 5.73 Å². The van der Waals surface area contributed by atoms with Crippen molar-refractivity contribution < 1.29 is 26.9 Å². The third-order valence-corrected chi connectivity index (χ3v) is 5.00. The molecule has 0 aliphatic heterocycles. The van der Waals surface area contributed by atoms with Crippen molar-refractivity contribution >= 4 is 18.0 Å². The van der Waals surface area contributed by atoms with Crippen LogP contribution in [0.2, 0.25) is 5.02 Å². The smallest absolute Gasteiger partial charge is 0.235 e. The maximum Gasteiger partial charge on any atom is 0.235 e. The Balaban J connectivity index is 0.000000551. The average Bonchev–Trinajstić information content (AvgIpc) is 3.36. The van der Waals surface area contributed by atoms with Crippen LogP contribution in [-0.2, 0) is 11.2 Å². The molecule has 0 saturated carbocycles. The van der Waals surface area contributed by atoms with Gasteiger partial charge in [0, 0.05) is 11.1 Å². The lowest BCUT2D eigenvalue weighted by atomic mass is 9.98. The van der Waals surface area contributed by atoms with Gasteiger partial charge < -0.3 is 10.3 Å². The molecule has 2 aromatic carbocycles. The minimum absolute atomic E-state index is 0.130. The Labute approximate surface area is 204 Å². The third kappa shape index (κ3) is 6.48. The number of aryl methyl sites for hydroxylation is 1. The molecule has 0 fully saturated rings. The van der Waals surface area contributed by atoms with E-state index in [0.717, 1.165) is 17.2 Å². The zero-order chi connectivity index (χ0) is 26.1. The summed E-state index contributed by atoms with van der Waals surface area (Å²) in [5.74, 6) is -0.825. The highest BCUT2D eigenvalue weighted by atomic mass is 35.5. The van der Waals surface area contributed by atoms with E-state index in [1.165, 1.54) is 12.3 Å². The molecule has 2 aromatic heterocycles. The van der Waals surface area contributed by atoms with Gasteiger partial charge in [0.1, 0.15) is 11.5 Å². The summed E-state index contributed by atoms with van der Waals surface area (Å²) in [7, 11) is 0. The fourth-order valence-corrected chi connectivity index (χ4v) is 3.44. The molecule has 0 aliphatic carbocycles. The minimum Gasteiger partial charge on any atom is -0.372 e. The highest BCUT2D eigenvalue weighted by Crippen LogP contribution is 2.36. The molecular weight excluding hydrogens is 488 g/mol. The molecule has 0 aliphatic rings. The second-order valence-corrected chi connectivity index (χ2v) is 7.39. The van der Waals surface area contributed by atoms with Crippen LogP contribution in [0.5, 0.6) is 0 Å². The second kappa shape index (κ2) is 12.7. The summed E-state index contributed by atoms with van der Waals surface area (Å²) in [5.41, 5.74) is 6.78. The molecule has 0 radical (unpaired) electrons. The van der Waals surface area contributed by atoms with E-state index in [-0.39, 0.29) is 17.7 Å². The summed E-state index contributed by atoms with van der Waals surface area (Å²) >= 11 is 6.15. The van der Waals surface area contributed by atoms with Crippen LogP contribution in [0.4, 0.5) is 17.6 Å². The van der Waals surface area contributed by atoms with Crippen LogP contribution in [0.3, 0.4) is 0 Å². The zero-order valence-electron chi connectivity index (χ0n) is 19.1. The number of halogens is 5. The van der Waals surface area contributed by atoms with Gasteiger partial charge in [0.05, 0.1) is 22.5 Å². The van der Waals surface area contributed by atoms with Gasteiger partial charge in [-0.3, -0.25) is 4.79 Å². The number of aromatic nitrogens is 3. The van der Waals surface area contributed by atoms with Crippen molar-refractivity contribution in [1.29, 1.82) is 0 Å². The van der Waals surface area contributed by atoms with Crippen molar-refractivity contribution in [2.75, 3.05) is 0 Å². The lowest BCUT2D eigenvalue weighted by Crippen LogP contribution is -2.00. The van der Waals surface area contributed by atoms with E-state index in [0.29, 0.717) is 34.0 Å². The van der Waals surface area contributed by atoms with Crippen LogP contribution in [0.1, 0.15) is 25.0 Å². The van der Waals surface area contributed by atoms with Crippen LogP contribution >= 0.6 is 11.6 Å². The van der Waals surface area contributed by atoms with Gasteiger partial charge in [0.2, 0.25) is 18.8 Å². The van der Waals surface area contributed by atoms with Crippen molar-refractivity contribution in [2.24, 2.45) is 5.73 Å². The molecule has 6 nitrogen and oxygen atoms in total. The molecule has 2 heterocycles. The molecule has 4 rings (SSSR count). The summed E-state index contributed by atoms with van der Waals surface area (Å²) in [5, 5.41) is 8.49. The van der Waals surface area contributed by atoms with Crippen molar-refractivity contribution in [3.05, 3.63) is 76.6 Å². The zero-order valence-corrected chi connectivity index (χ0v) is 19.9. The van der Waals surface area contributed by atoms with Gasteiger partial charge in [0.15, 0.2) is 5.76 Å². The lowest BCUT2D eigenvalue weighted by molar-refractivity contribution is -0.106. The quantitative estimate of drug-likeness (QED) is 0.255. The Kier molecular flexibility index (Phi) is 10.0. The van der Waals surface area contributed by atoms with Crippen molar-refractivity contribution in [1.82, 2.24) is 14.9 Å². The van der Waals surface area contributed by atoms with E-state index < -0.39 is 18.2 Å². The van der Waals surface area contributed by atoms with E-state index in [1.54, 1.807) is 37.3 Å². The standard InChI is InChI=1S/C21H16ClF2N3O.C2H4F2.CH3NO/c1-3-13-7-6-9-16(23)18(13)19-12(2)20(28-26-19)14-11-25-27(21(14)24)17-10-5-4-8-15(17)22;1-2(3)4;2-1-3/h4-11H,3H2,1-2H3;2H,1H3;1H,(H2,2,3). The SMILES string of the molecule is CC(F)F.CCc1cccc(F)c1-c1noc(-c2cnn(-c3ccccc3Cl)c2F)c1C.NC=O. The van der Waals surface area contributed by atoms with Gasteiger partial charge in [-0.05, 0) is 44.0 Å². The molecule has 0 unspecified atom stereocenters. The summed E-state index contributed by atoms with van der Waals surface area (Å²) < 4.78 is 56.7. The van der Waals surface area contributed by atoms with Crippen molar-refractivity contribution in [3.63, 3.8) is 0 Å². The lowest BCUT2D eigenvalue weighted by Gasteiger charge is -2.07. The average molecular weight is 511 g/mol. The number of hydrogen-bond donors (Lipinski definition) is 1. The number of hydrogen-bond acceptors (Lipinski definition) is 4. The monoisotopic (exact) mass is 510 g/mol. The first-order chi connectivity index (χ1) is 16.7. The fourth-order valence-electron chi connectivity index (χ4n) is 3.23. The highest BCUT2D eigenvalue weighted by Gasteiger charge is 2.25. The number of primary amides is 1. The molecule has 11 heteroatoms. The third-order valence-electron chi connectivity index (χ3n) is 4.68. The van der Waals surface area contributed by atoms with Crippen molar-refractivity contribution in [3.8, 4) is 28.3 Å². The van der Waals surface area contributed by atoms with Gasteiger partial charge in [-0.25, -0.2) is 17.9 Å². The molecule has 186 valence electrons. The molecule has 0 spiro atoms. The maximum atomic E-state index is 15.1. The Morgan fingerprint density at radius 3 is 2.40 bits per heavy atom. The number of amides is 1. The Morgan fingerprint density at radius 1 is 1.17 bits per heavy atom. The van der Waals surface area contributed by atoms with Gasteiger partial charge in [0.25, 0.3) is 0 Å². The molecule has 0 atom stereocenters. The summed E-state index contributed by atoms with van der Waals surface area (Å²) in [6, 6.07) is 11.7. The van der Waals surface area contributed by atoms with Gasteiger partial charge in [-0.15, -0.1) is 0 Å². The molecule has 0 bridgehead atoms. The Hall–Kier alpha value is -3.66. The first-order valence-corrected chi connectivity index (χ1v) is 10.7. The van der Waals surface area contributed by atoms with Gasteiger partial charge in [-0.2, -0.15) is 9.49 Å². The van der Waals surface area contributed by atoms with Gasteiger partial charge >= 0.3 is 0 Å². The molecule has 0 saturated heterocycles. The topological polar surface area (TPSA) is 86.9 Å². The van der Waals surface area contributed by atoms with E-state index in [4.69, 9.17) is 20.9 Å². The predicted molar refractivity (Wildman–Crippen MR) is 125 cm³/mol. The maximum absolute atomic E-state index is 15.1. The van der Waals surface area contributed by atoms with Crippen LogP contribution in [0.15, 0.2) is 53.2 Å². The number of nitrogens with two attached hydrogens (primary N) is 1. The fraction of sp³-hybridized carbons (Fsp3) is 0.208. The van der Waals surface area contributed by atoms with Crippen LogP contribution in [0.25, 0.3) is 28.3 Å². The molecule has 1 amide bonds. The first kappa shape index (κ1) is 27.6. The second-order valence-electron chi connectivity index (χ2n) is 6.98. The van der Waals surface area contributed by atoms with E-state index >= 15 is 4.39 Å². The highest BCUT2D eigenvalue weighted by molar-refractivity contribution is 6.32. The van der Waals surface area contributed by atoms with Crippen molar-refractivity contribution in [2.45, 2.75) is 33.6 Å². The molecule has 35 heavy (non-hydrogen) atoms. The van der Waals surface area contributed by atoms with Gasteiger partial charge in [-0.1, -0.05) is 47.9 Å². The minimum atomic E-state index is -2.17. The molecular formula is C24H23ClF4N4O2. The number of alkyl halides is 2. The number of carbonyl (C=O) groups is 1. The van der Waals surface area contributed by atoms with Crippen LogP contribution in [-0.4, -0.2) is 27.8 Å². The summed E-state index contributed by atoms with van der Waals surface area (Å²) in [4.78, 5) is 8.58. The van der Waals surface area contributed by atoms with E-state index in [1.807, 2.05) is 13.0 Å². The normalized spacial score (nSPS) is 10.3. The Morgan fingerprint density at radius 2 is 1.80 bits per heavy atom.